The predicted octanol–water partition coefficient (Wildman–Crippen LogP) is 2.70. The lowest BCUT2D eigenvalue weighted by molar-refractivity contribution is -0.384. The highest BCUT2D eigenvalue weighted by atomic mass is 16.6. The van der Waals surface area contributed by atoms with Gasteiger partial charge in [0.25, 0.3) is 5.69 Å². The number of fused-ring (bicyclic) bond motifs is 1. The number of nitro groups is 1. The predicted molar refractivity (Wildman–Crippen MR) is 100 cm³/mol. The van der Waals surface area contributed by atoms with Gasteiger partial charge < -0.3 is 19.7 Å². The maximum absolute atomic E-state index is 12.3. The summed E-state index contributed by atoms with van der Waals surface area (Å²) in [6.45, 7) is 1.08. The number of benzene rings is 2. The Hall–Kier alpha value is -3.29. The molecule has 0 saturated heterocycles. The smallest absolute Gasteiger partial charge is 0.292 e. The second-order valence-electron chi connectivity index (χ2n) is 6.22. The van der Waals surface area contributed by atoms with E-state index in [0.717, 1.165) is 0 Å². The summed E-state index contributed by atoms with van der Waals surface area (Å²) < 4.78 is 11.5. The van der Waals surface area contributed by atoms with E-state index >= 15 is 0 Å². The summed E-state index contributed by atoms with van der Waals surface area (Å²) in [7, 11) is 1.71. The number of likely N-dealkylation sites (N-methyl/N-ethyl adjacent to an activating group) is 1. The van der Waals surface area contributed by atoms with E-state index in [-0.39, 0.29) is 24.1 Å². The molecule has 0 unspecified atom stereocenters. The van der Waals surface area contributed by atoms with Gasteiger partial charge in [0.15, 0.2) is 17.6 Å². The van der Waals surface area contributed by atoms with Crippen LogP contribution >= 0.6 is 0 Å². The zero-order valence-electron chi connectivity index (χ0n) is 15.0. The van der Waals surface area contributed by atoms with Crippen LogP contribution in [0.15, 0.2) is 48.5 Å². The molecule has 0 aromatic heterocycles. The SMILES string of the molecule is CN(C[C@H]1COc2ccccc2O1)C(=O)CCNc1ccccc1[N+](=O)[O-]. The lowest BCUT2D eigenvalue weighted by atomic mass is 10.2. The molecular weight excluding hydrogens is 350 g/mol. The van der Waals surface area contributed by atoms with Crippen LogP contribution in [0.1, 0.15) is 6.42 Å². The van der Waals surface area contributed by atoms with E-state index in [4.69, 9.17) is 9.47 Å². The lowest BCUT2D eigenvalue weighted by Gasteiger charge is -2.29. The molecule has 0 spiro atoms. The van der Waals surface area contributed by atoms with Crippen molar-refractivity contribution < 1.29 is 19.2 Å². The van der Waals surface area contributed by atoms with Gasteiger partial charge >= 0.3 is 0 Å². The van der Waals surface area contributed by atoms with Gasteiger partial charge in [-0.3, -0.25) is 14.9 Å². The highest BCUT2D eigenvalue weighted by Crippen LogP contribution is 2.31. The Bertz CT molecular complexity index is 826. The van der Waals surface area contributed by atoms with Gasteiger partial charge in [-0.1, -0.05) is 24.3 Å². The Balaban J connectivity index is 1.47. The quantitative estimate of drug-likeness (QED) is 0.594. The second kappa shape index (κ2) is 8.39. The van der Waals surface area contributed by atoms with E-state index in [1.54, 1.807) is 30.1 Å². The molecule has 3 rings (SSSR count). The van der Waals surface area contributed by atoms with Crippen LogP contribution in [0.5, 0.6) is 11.5 Å². The van der Waals surface area contributed by atoms with Gasteiger partial charge in [0.1, 0.15) is 12.3 Å². The average Bonchev–Trinajstić information content (AvgIpc) is 2.68. The molecule has 2 aromatic rings. The van der Waals surface area contributed by atoms with Crippen molar-refractivity contribution in [3.8, 4) is 11.5 Å². The summed E-state index contributed by atoms with van der Waals surface area (Å²) >= 11 is 0. The minimum atomic E-state index is -0.450. The Morgan fingerprint density at radius 3 is 2.70 bits per heavy atom. The van der Waals surface area contributed by atoms with E-state index in [2.05, 4.69) is 5.32 Å². The largest absolute Gasteiger partial charge is 0.486 e. The van der Waals surface area contributed by atoms with Gasteiger partial charge in [0.05, 0.1) is 11.5 Å². The maximum Gasteiger partial charge on any atom is 0.292 e. The van der Waals surface area contributed by atoms with Crippen LogP contribution in [0, 0.1) is 10.1 Å². The summed E-state index contributed by atoms with van der Waals surface area (Å²) in [5.74, 6) is 1.30. The number of hydrogen-bond donors (Lipinski definition) is 1. The van der Waals surface area contributed by atoms with E-state index in [9.17, 15) is 14.9 Å². The molecule has 1 aliphatic rings. The number of anilines is 1. The monoisotopic (exact) mass is 371 g/mol. The number of nitrogens with zero attached hydrogens (tertiary/aromatic N) is 2. The number of amides is 1. The molecule has 27 heavy (non-hydrogen) atoms. The number of carbonyl (C=O) groups is 1. The molecular formula is C19H21N3O5. The number of rotatable bonds is 7. The number of nitro benzene ring substituents is 1. The number of para-hydroxylation sites is 4. The standard InChI is InChI=1S/C19H21N3O5/c1-21(12-14-13-26-17-8-4-5-9-18(17)27-14)19(23)10-11-20-15-6-2-3-7-16(15)22(24)25/h2-9,14,20H,10-13H2,1H3/t14-/m0/s1. The minimum absolute atomic E-state index is 0.00952. The first-order valence-corrected chi connectivity index (χ1v) is 8.64. The third-order valence-electron chi connectivity index (χ3n) is 4.23. The second-order valence-corrected chi connectivity index (χ2v) is 6.22. The maximum atomic E-state index is 12.3. The molecule has 1 aliphatic heterocycles. The first-order chi connectivity index (χ1) is 13.0. The van der Waals surface area contributed by atoms with E-state index in [0.29, 0.717) is 36.9 Å². The third-order valence-corrected chi connectivity index (χ3v) is 4.23. The normalized spacial score (nSPS) is 15.1. The molecule has 1 atom stereocenters. The zero-order valence-corrected chi connectivity index (χ0v) is 15.0. The Labute approximate surface area is 156 Å². The molecule has 2 aromatic carbocycles. The van der Waals surface area contributed by atoms with Crippen molar-refractivity contribution >= 4 is 17.3 Å². The minimum Gasteiger partial charge on any atom is -0.486 e. The number of ether oxygens (including phenoxy) is 2. The van der Waals surface area contributed by atoms with Crippen LogP contribution in [-0.2, 0) is 4.79 Å². The molecule has 1 N–H and O–H groups in total. The van der Waals surface area contributed by atoms with Gasteiger partial charge in [0, 0.05) is 26.1 Å². The lowest BCUT2D eigenvalue weighted by Crippen LogP contribution is -2.42. The van der Waals surface area contributed by atoms with Gasteiger partial charge in [-0.05, 0) is 18.2 Å². The summed E-state index contributed by atoms with van der Waals surface area (Å²) in [5.41, 5.74) is 0.392. The van der Waals surface area contributed by atoms with Crippen LogP contribution in [-0.4, -0.2) is 48.6 Å². The van der Waals surface area contributed by atoms with Crippen LogP contribution in [0.2, 0.25) is 0 Å². The van der Waals surface area contributed by atoms with Crippen LogP contribution in [0.25, 0.3) is 0 Å². The Kier molecular flexibility index (Phi) is 5.75. The number of nitrogens with one attached hydrogen (secondary N) is 1. The van der Waals surface area contributed by atoms with Crippen LogP contribution in [0.4, 0.5) is 11.4 Å². The van der Waals surface area contributed by atoms with Gasteiger partial charge in [0.2, 0.25) is 5.91 Å². The van der Waals surface area contributed by atoms with Gasteiger partial charge in [-0.2, -0.15) is 0 Å². The summed E-state index contributed by atoms with van der Waals surface area (Å²) in [4.78, 5) is 24.5. The molecule has 1 heterocycles. The molecule has 8 nitrogen and oxygen atoms in total. The van der Waals surface area contributed by atoms with Crippen molar-refractivity contribution in [3.05, 3.63) is 58.6 Å². The summed E-state index contributed by atoms with van der Waals surface area (Å²) in [5, 5.41) is 14.0. The van der Waals surface area contributed by atoms with E-state index in [1.807, 2.05) is 24.3 Å². The fourth-order valence-corrected chi connectivity index (χ4v) is 2.84. The fraction of sp³-hybridized carbons (Fsp3) is 0.316. The van der Waals surface area contributed by atoms with Crippen molar-refractivity contribution in [1.29, 1.82) is 0 Å². The topological polar surface area (TPSA) is 93.9 Å². The van der Waals surface area contributed by atoms with E-state index < -0.39 is 4.92 Å². The summed E-state index contributed by atoms with van der Waals surface area (Å²) in [6.07, 6.45) is -0.0239. The third kappa shape index (κ3) is 4.66. The first kappa shape index (κ1) is 18.5. The van der Waals surface area contributed by atoms with Crippen molar-refractivity contribution in [1.82, 2.24) is 4.90 Å². The highest BCUT2D eigenvalue weighted by Gasteiger charge is 2.23. The first-order valence-electron chi connectivity index (χ1n) is 8.64. The zero-order chi connectivity index (χ0) is 19.2. The summed E-state index contributed by atoms with van der Waals surface area (Å²) in [6, 6.07) is 13.8. The van der Waals surface area contributed by atoms with Crippen LogP contribution in [0.3, 0.4) is 0 Å². The van der Waals surface area contributed by atoms with Crippen molar-refractivity contribution in [2.75, 3.05) is 32.1 Å². The average molecular weight is 371 g/mol. The molecule has 1 amide bonds. The number of hydrogen-bond acceptors (Lipinski definition) is 6. The molecule has 8 heteroatoms. The molecule has 0 aliphatic carbocycles. The number of carbonyl (C=O) groups excluding carboxylic acids is 1. The molecule has 0 radical (unpaired) electrons. The molecule has 142 valence electrons. The molecule has 0 bridgehead atoms. The highest BCUT2D eigenvalue weighted by molar-refractivity contribution is 5.76. The molecule has 0 saturated carbocycles. The van der Waals surface area contributed by atoms with Crippen LogP contribution < -0.4 is 14.8 Å². The van der Waals surface area contributed by atoms with Crippen molar-refractivity contribution in [2.45, 2.75) is 12.5 Å². The Morgan fingerprint density at radius 1 is 1.22 bits per heavy atom. The fourth-order valence-electron chi connectivity index (χ4n) is 2.84. The van der Waals surface area contributed by atoms with Crippen molar-refractivity contribution in [2.24, 2.45) is 0 Å². The molecule has 0 fully saturated rings. The van der Waals surface area contributed by atoms with Crippen molar-refractivity contribution in [3.63, 3.8) is 0 Å². The van der Waals surface area contributed by atoms with E-state index in [1.165, 1.54) is 6.07 Å². The van der Waals surface area contributed by atoms with Gasteiger partial charge in [-0.15, -0.1) is 0 Å². The van der Waals surface area contributed by atoms with Gasteiger partial charge in [-0.25, -0.2) is 0 Å². The Morgan fingerprint density at radius 2 is 1.93 bits per heavy atom.